The molecular weight excluding hydrogens is 210 g/mol. The van der Waals surface area contributed by atoms with Gasteiger partial charge in [-0.25, -0.2) is 14.8 Å². The summed E-state index contributed by atoms with van der Waals surface area (Å²) in [5.41, 5.74) is -0.0676. The highest BCUT2D eigenvalue weighted by Gasteiger charge is 2.08. The molecule has 0 radical (unpaired) electrons. The summed E-state index contributed by atoms with van der Waals surface area (Å²) < 4.78 is 0. The van der Waals surface area contributed by atoms with Crippen molar-refractivity contribution >= 4 is 11.8 Å². The fourth-order valence-corrected chi connectivity index (χ4v) is 1.29. The Kier molecular flexibility index (Phi) is 4.65. The molecule has 1 aromatic rings. The summed E-state index contributed by atoms with van der Waals surface area (Å²) in [6.07, 6.45) is 3.32. The Morgan fingerprint density at radius 2 is 2.19 bits per heavy atom. The number of aliphatic hydroxyl groups excluding tert-OH is 1. The van der Waals surface area contributed by atoms with Gasteiger partial charge in [-0.05, 0) is 13.3 Å². The fourth-order valence-electron chi connectivity index (χ4n) is 1.29. The first-order valence-corrected chi connectivity index (χ1v) is 5.10. The predicted molar refractivity (Wildman–Crippen MR) is 58.6 cm³/mol. The van der Waals surface area contributed by atoms with Gasteiger partial charge in [0.2, 0.25) is 0 Å². The normalized spacial score (nSPS) is 10.1. The van der Waals surface area contributed by atoms with Gasteiger partial charge in [0, 0.05) is 19.7 Å². The number of anilines is 1. The highest BCUT2D eigenvalue weighted by molar-refractivity contribution is 5.84. The van der Waals surface area contributed by atoms with Crippen LogP contribution >= 0.6 is 0 Å². The topological polar surface area (TPSA) is 86.5 Å². The Hall–Kier alpha value is -1.69. The molecule has 0 aliphatic rings. The number of hydrogen-bond acceptors (Lipinski definition) is 5. The zero-order valence-electron chi connectivity index (χ0n) is 9.13. The van der Waals surface area contributed by atoms with Gasteiger partial charge in [0.15, 0.2) is 5.69 Å². The number of rotatable bonds is 6. The van der Waals surface area contributed by atoms with Crippen molar-refractivity contribution < 1.29 is 15.0 Å². The molecule has 0 bridgehead atoms. The van der Waals surface area contributed by atoms with Gasteiger partial charge in [-0.3, -0.25) is 0 Å². The molecule has 0 aliphatic heterocycles. The Labute approximate surface area is 93.6 Å². The quantitative estimate of drug-likeness (QED) is 0.728. The summed E-state index contributed by atoms with van der Waals surface area (Å²) in [6.45, 7) is 3.50. The Morgan fingerprint density at radius 3 is 2.62 bits per heavy atom. The van der Waals surface area contributed by atoms with Gasteiger partial charge in [-0.2, -0.15) is 0 Å². The van der Waals surface area contributed by atoms with E-state index < -0.39 is 5.97 Å². The molecule has 0 saturated heterocycles. The summed E-state index contributed by atoms with van der Waals surface area (Å²) in [4.78, 5) is 20.3. The number of aromatic carboxylic acids is 1. The molecule has 2 N–H and O–H groups in total. The van der Waals surface area contributed by atoms with E-state index in [4.69, 9.17) is 10.2 Å². The summed E-state index contributed by atoms with van der Waals surface area (Å²) in [7, 11) is 0. The molecule has 1 heterocycles. The first-order valence-electron chi connectivity index (χ1n) is 5.10. The Morgan fingerprint density at radius 1 is 1.44 bits per heavy atom. The van der Waals surface area contributed by atoms with Crippen molar-refractivity contribution in [3.63, 3.8) is 0 Å². The molecule has 0 atom stereocenters. The minimum absolute atomic E-state index is 0.0676. The minimum atomic E-state index is -1.09. The summed E-state index contributed by atoms with van der Waals surface area (Å²) in [5.74, 6) is -0.460. The van der Waals surface area contributed by atoms with Crippen molar-refractivity contribution in [2.24, 2.45) is 0 Å². The third-order valence-corrected chi connectivity index (χ3v) is 2.15. The molecule has 0 unspecified atom stereocenters. The molecule has 6 nitrogen and oxygen atoms in total. The number of carboxylic acid groups (broad SMARTS) is 1. The van der Waals surface area contributed by atoms with Crippen LogP contribution in [0.25, 0.3) is 0 Å². The fraction of sp³-hybridized carbons (Fsp3) is 0.500. The van der Waals surface area contributed by atoms with Gasteiger partial charge < -0.3 is 15.1 Å². The van der Waals surface area contributed by atoms with E-state index in [0.717, 1.165) is 6.54 Å². The molecule has 0 saturated carbocycles. The highest BCUT2D eigenvalue weighted by Crippen LogP contribution is 2.09. The van der Waals surface area contributed by atoms with E-state index in [1.54, 1.807) is 0 Å². The van der Waals surface area contributed by atoms with E-state index in [2.05, 4.69) is 9.97 Å². The average molecular weight is 225 g/mol. The summed E-state index contributed by atoms with van der Waals surface area (Å²) in [5, 5.41) is 17.4. The SMILES string of the molecule is CCN(CCCO)c1cnc(C(=O)O)cn1. The van der Waals surface area contributed by atoms with E-state index in [1.807, 2.05) is 11.8 Å². The zero-order valence-corrected chi connectivity index (χ0v) is 9.13. The van der Waals surface area contributed by atoms with Crippen LogP contribution in [0.15, 0.2) is 12.4 Å². The van der Waals surface area contributed by atoms with Crippen LogP contribution in [-0.4, -0.2) is 45.8 Å². The van der Waals surface area contributed by atoms with Crippen molar-refractivity contribution in [3.8, 4) is 0 Å². The number of nitrogens with zero attached hydrogens (tertiary/aromatic N) is 3. The van der Waals surface area contributed by atoms with Gasteiger partial charge in [0.1, 0.15) is 5.82 Å². The van der Waals surface area contributed by atoms with Crippen LogP contribution in [-0.2, 0) is 0 Å². The van der Waals surface area contributed by atoms with Crippen molar-refractivity contribution in [3.05, 3.63) is 18.1 Å². The van der Waals surface area contributed by atoms with Crippen LogP contribution < -0.4 is 4.90 Å². The monoisotopic (exact) mass is 225 g/mol. The predicted octanol–water partition coefficient (Wildman–Crippen LogP) is 0.384. The largest absolute Gasteiger partial charge is 0.476 e. The van der Waals surface area contributed by atoms with Crippen LogP contribution in [0, 0.1) is 0 Å². The Bertz CT molecular complexity index is 340. The Balaban J connectivity index is 2.74. The molecule has 0 fully saturated rings. The molecule has 1 aromatic heterocycles. The molecule has 0 aliphatic carbocycles. The lowest BCUT2D eigenvalue weighted by Crippen LogP contribution is -2.25. The lowest BCUT2D eigenvalue weighted by atomic mass is 10.4. The van der Waals surface area contributed by atoms with Gasteiger partial charge >= 0.3 is 5.97 Å². The number of carboxylic acids is 1. The molecule has 0 aromatic carbocycles. The van der Waals surface area contributed by atoms with Crippen LogP contribution in [0.2, 0.25) is 0 Å². The lowest BCUT2D eigenvalue weighted by molar-refractivity contribution is 0.0690. The second kappa shape index (κ2) is 6.02. The van der Waals surface area contributed by atoms with Crippen LogP contribution in [0.5, 0.6) is 0 Å². The molecule has 0 amide bonds. The van der Waals surface area contributed by atoms with E-state index in [9.17, 15) is 4.79 Å². The lowest BCUT2D eigenvalue weighted by Gasteiger charge is -2.20. The third kappa shape index (κ3) is 3.16. The summed E-state index contributed by atoms with van der Waals surface area (Å²) in [6, 6.07) is 0. The number of carbonyl (C=O) groups is 1. The molecule has 16 heavy (non-hydrogen) atoms. The first kappa shape index (κ1) is 12.4. The van der Waals surface area contributed by atoms with E-state index in [1.165, 1.54) is 12.4 Å². The van der Waals surface area contributed by atoms with E-state index in [-0.39, 0.29) is 12.3 Å². The molecule has 88 valence electrons. The maximum absolute atomic E-state index is 10.6. The van der Waals surface area contributed by atoms with E-state index in [0.29, 0.717) is 18.8 Å². The molecule has 1 rings (SSSR count). The van der Waals surface area contributed by atoms with Crippen LogP contribution in [0.3, 0.4) is 0 Å². The number of aliphatic hydroxyl groups is 1. The van der Waals surface area contributed by atoms with Crippen molar-refractivity contribution in [1.29, 1.82) is 0 Å². The van der Waals surface area contributed by atoms with Crippen LogP contribution in [0.4, 0.5) is 5.82 Å². The van der Waals surface area contributed by atoms with Crippen molar-refractivity contribution in [2.75, 3.05) is 24.6 Å². The van der Waals surface area contributed by atoms with E-state index >= 15 is 0 Å². The van der Waals surface area contributed by atoms with Crippen LogP contribution in [0.1, 0.15) is 23.8 Å². The van der Waals surface area contributed by atoms with Gasteiger partial charge in [0.25, 0.3) is 0 Å². The van der Waals surface area contributed by atoms with Crippen molar-refractivity contribution in [2.45, 2.75) is 13.3 Å². The third-order valence-electron chi connectivity index (χ3n) is 2.15. The molecular formula is C10H15N3O3. The molecule has 0 spiro atoms. The molecule has 6 heteroatoms. The number of hydrogen-bond donors (Lipinski definition) is 2. The second-order valence-electron chi connectivity index (χ2n) is 3.22. The summed E-state index contributed by atoms with van der Waals surface area (Å²) >= 11 is 0. The zero-order chi connectivity index (χ0) is 12.0. The smallest absolute Gasteiger partial charge is 0.356 e. The van der Waals surface area contributed by atoms with Crippen molar-refractivity contribution in [1.82, 2.24) is 9.97 Å². The van der Waals surface area contributed by atoms with Gasteiger partial charge in [0.05, 0.1) is 12.4 Å². The average Bonchev–Trinajstić information content (AvgIpc) is 2.30. The first-order chi connectivity index (χ1) is 7.69. The number of aromatic nitrogens is 2. The standard InChI is InChI=1S/C10H15N3O3/c1-2-13(4-3-5-14)9-7-11-8(6-12-9)10(15)16/h6-7,14H,2-5H2,1H3,(H,15,16). The second-order valence-corrected chi connectivity index (χ2v) is 3.22. The highest BCUT2D eigenvalue weighted by atomic mass is 16.4. The maximum atomic E-state index is 10.6. The maximum Gasteiger partial charge on any atom is 0.356 e. The minimum Gasteiger partial charge on any atom is -0.476 e. The van der Waals surface area contributed by atoms with Gasteiger partial charge in [-0.15, -0.1) is 0 Å². The van der Waals surface area contributed by atoms with Gasteiger partial charge in [-0.1, -0.05) is 0 Å².